The average Bonchev–Trinajstić information content (AvgIpc) is 2.39. The van der Waals surface area contributed by atoms with Gasteiger partial charge in [-0.15, -0.1) is 0 Å². The fourth-order valence-electron chi connectivity index (χ4n) is 0.718. The van der Waals surface area contributed by atoms with E-state index in [1.807, 2.05) is 0 Å². The first-order valence-electron chi connectivity index (χ1n) is 3.14. The van der Waals surface area contributed by atoms with Crippen molar-refractivity contribution in [1.29, 1.82) is 0 Å². The van der Waals surface area contributed by atoms with E-state index >= 15 is 0 Å². The van der Waals surface area contributed by atoms with E-state index in [0.29, 0.717) is 0 Å². The van der Waals surface area contributed by atoms with Crippen molar-refractivity contribution in [3.63, 3.8) is 0 Å². The molecule has 5 heteroatoms. The van der Waals surface area contributed by atoms with E-state index in [2.05, 4.69) is 27.7 Å². The summed E-state index contributed by atoms with van der Waals surface area (Å²) in [4.78, 5) is 0. The highest BCUT2D eigenvalue weighted by Gasteiger charge is 2.09. The molecule has 1 unspecified atom stereocenters. The van der Waals surface area contributed by atoms with Gasteiger partial charge in [-0.05, 0) is 22.6 Å². The second-order valence-corrected chi connectivity index (χ2v) is 3.37. The Labute approximate surface area is 77.4 Å². The number of halogens is 2. The zero-order valence-corrected chi connectivity index (χ0v) is 7.90. The van der Waals surface area contributed by atoms with Crippen molar-refractivity contribution in [3.8, 4) is 0 Å². The second kappa shape index (κ2) is 4.01. The Morgan fingerprint density at radius 3 is 2.91 bits per heavy atom. The Balaban J connectivity index is 2.73. The number of hydrogen-bond donors (Lipinski definition) is 1. The third-order valence-electron chi connectivity index (χ3n) is 1.33. The summed E-state index contributed by atoms with van der Waals surface area (Å²) in [6.45, 7) is -0.803. The quantitative estimate of drug-likeness (QED) is 0.832. The molecule has 0 bridgehead atoms. The van der Waals surface area contributed by atoms with Crippen LogP contribution < -0.4 is 0 Å². The number of nitrogens with zero attached hydrogens (tertiary/aromatic N) is 2. The van der Waals surface area contributed by atoms with Crippen LogP contribution in [0.25, 0.3) is 0 Å². The fraction of sp³-hybridized carbons (Fsp3) is 0.500. The van der Waals surface area contributed by atoms with E-state index in [-0.39, 0.29) is 6.61 Å². The Hall–Kier alpha value is -0.170. The third-order valence-corrected chi connectivity index (χ3v) is 1.89. The summed E-state index contributed by atoms with van der Waals surface area (Å²) in [6.07, 6.45) is 3.32. The smallest absolute Gasteiger partial charge is 0.114 e. The second-order valence-electron chi connectivity index (χ2n) is 2.13. The van der Waals surface area contributed by atoms with Gasteiger partial charge in [-0.25, -0.2) is 4.39 Å². The lowest BCUT2D eigenvalue weighted by Crippen LogP contribution is -2.15. The normalized spacial score (nSPS) is 13.4. The molecule has 0 aliphatic heterocycles. The Morgan fingerprint density at radius 2 is 2.55 bits per heavy atom. The van der Waals surface area contributed by atoms with Crippen molar-refractivity contribution in [2.45, 2.75) is 6.04 Å². The summed E-state index contributed by atoms with van der Waals surface area (Å²) in [5.41, 5.74) is 0. The van der Waals surface area contributed by atoms with E-state index in [0.717, 1.165) is 3.57 Å². The highest BCUT2D eigenvalue weighted by molar-refractivity contribution is 14.1. The standard InChI is InChI=1S/C6H8FIN2O/c7-1-6(4-11)10-3-5(8)2-9-10/h2-3,6,11H,1,4H2. The van der Waals surface area contributed by atoms with Gasteiger partial charge in [0.2, 0.25) is 0 Å². The highest BCUT2D eigenvalue weighted by Crippen LogP contribution is 2.08. The predicted molar refractivity (Wildman–Crippen MR) is 47.0 cm³/mol. The molecule has 0 aliphatic rings. The molecule has 0 saturated carbocycles. The lowest BCUT2D eigenvalue weighted by atomic mass is 10.4. The van der Waals surface area contributed by atoms with E-state index < -0.39 is 12.7 Å². The van der Waals surface area contributed by atoms with Crippen LogP contribution in [0.4, 0.5) is 4.39 Å². The minimum absolute atomic E-state index is 0.214. The maximum atomic E-state index is 12.1. The number of aliphatic hydroxyl groups excluding tert-OH is 1. The van der Waals surface area contributed by atoms with Gasteiger partial charge in [-0.3, -0.25) is 4.68 Å². The SMILES string of the molecule is OCC(CF)n1cc(I)cn1. The van der Waals surface area contributed by atoms with Crippen LogP contribution in [0.5, 0.6) is 0 Å². The first-order valence-corrected chi connectivity index (χ1v) is 4.22. The van der Waals surface area contributed by atoms with E-state index in [1.54, 1.807) is 12.4 Å². The molecule has 1 N–H and O–H groups in total. The zero-order chi connectivity index (χ0) is 8.27. The van der Waals surface area contributed by atoms with Crippen molar-refractivity contribution in [2.24, 2.45) is 0 Å². The number of aliphatic hydroxyl groups is 1. The molecule has 1 aromatic heterocycles. The molecule has 0 radical (unpaired) electrons. The van der Waals surface area contributed by atoms with Gasteiger partial charge in [-0.1, -0.05) is 0 Å². The molecular weight excluding hydrogens is 262 g/mol. The fourth-order valence-corrected chi connectivity index (χ4v) is 1.13. The molecule has 3 nitrogen and oxygen atoms in total. The molecule has 1 heterocycles. The molecule has 11 heavy (non-hydrogen) atoms. The molecule has 0 aliphatic carbocycles. The zero-order valence-electron chi connectivity index (χ0n) is 5.74. The predicted octanol–water partition coefficient (Wildman–Crippen LogP) is 0.991. The van der Waals surface area contributed by atoms with Crippen molar-refractivity contribution in [2.75, 3.05) is 13.3 Å². The summed E-state index contributed by atoms with van der Waals surface area (Å²) in [5.74, 6) is 0. The van der Waals surface area contributed by atoms with Crippen LogP contribution in [0, 0.1) is 3.57 Å². The summed E-state index contributed by atoms with van der Waals surface area (Å²) >= 11 is 2.08. The molecule has 0 amide bonds. The van der Waals surface area contributed by atoms with Crippen molar-refractivity contribution >= 4 is 22.6 Å². The first-order chi connectivity index (χ1) is 5.27. The molecule has 1 aromatic rings. The van der Waals surface area contributed by atoms with Crippen LogP contribution in [0.1, 0.15) is 6.04 Å². The summed E-state index contributed by atoms with van der Waals surface area (Å²) in [6, 6.07) is -0.529. The lowest BCUT2D eigenvalue weighted by molar-refractivity contribution is 0.190. The minimum Gasteiger partial charge on any atom is -0.394 e. The van der Waals surface area contributed by atoms with Gasteiger partial charge in [-0.2, -0.15) is 5.10 Å². The van der Waals surface area contributed by atoms with Crippen molar-refractivity contribution in [1.82, 2.24) is 9.78 Å². The number of alkyl halides is 1. The number of aromatic nitrogens is 2. The minimum atomic E-state index is -0.589. The molecule has 1 rings (SSSR count). The van der Waals surface area contributed by atoms with Crippen LogP contribution in [-0.2, 0) is 0 Å². The highest BCUT2D eigenvalue weighted by atomic mass is 127. The maximum Gasteiger partial charge on any atom is 0.114 e. The molecule has 0 aromatic carbocycles. The summed E-state index contributed by atoms with van der Waals surface area (Å²) in [5, 5.41) is 12.6. The largest absolute Gasteiger partial charge is 0.394 e. The summed E-state index contributed by atoms with van der Waals surface area (Å²) in [7, 11) is 0. The average molecular weight is 270 g/mol. The monoisotopic (exact) mass is 270 g/mol. The molecule has 0 fully saturated rings. The topological polar surface area (TPSA) is 38.0 Å². The van der Waals surface area contributed by atoms with Gasteiger partial charge in [0.05, 0.1) is 16.4 Å². The van der Waals surface area contributed by atoms with Crippen LogP contribution in [-0.4, -0.2) is 28.2 Å². The Kier molecular flexibility index (Phi) is 3.25. The Morgan fingerprint density at radius 1 is 1.82 bits per heavy atom. The van der Waals surface area contributed by atoms with Gasteiger partial charge in [0, 0.05) is 6.20 Å². The molecular formula is C6H8FIN2O. The van der Waals surface area contributed by atoms with Gasteiger partial charge in [0.25, 0.3) is 0 Å². The molecule has 0 spiro atoms. The molecule has 1 atom stereocenters. The summed E-state index contributed by atoms with van der Waals surface area (Å²) < 4.78 is 14.5. The number of hydrogen-bond acceptors (Lipinski definition) is 2. The van der Waals surface area contributed by atoms with Crippen LogP contribution in [0.15, 0.2) is 12.4 Å². The molecule has 62 valence electrons. The van der Waals surface area contributed by atoms with Gasteiger partial charge in [0.1, 0.15) is 12.7 Å². The van der Waals surface area contributed by atoms with E-state index in [1.165, 1.54) is 4.68 Å². The van der Waals surface area contributed by atoms with Crippen molar-refractivity contribution in [3.05, 3.63) is 16.0 Å². The van der Waals surface area contributed by atoms with Crippen LogP contribution in [0.3, 0.4) is 0 Å². The maximum absolute atomic E-state index is 12.1. The van der Waals surface area contributed by atoms with E-state index in [9.17, 15) is 4.39 Å². The first kappa shape index (κ1) is 8.92. The molecule has 0 saturated heterocycles. The van der Waals surface area contributed by atoms with E-state index in [4.69, 9.17) is 5.11 Å². The lowest BCUT2D eigenvalue weighted by Gasteiger charge is -2.08. The number of rotatable bonds is 3. The van der Waals surface area contributed by atoms with Crippen LogP contribution >= 0.6 is 22.6 Å². The Bertz CT molecular complexity index is 224. The third kappa shape index (κ3) is 2.13. The van der Waals surface area contributed by atoms with Gasteiger partial charge in [0.15, 0.2) is 0 Å². The van der Waals surface area contributed by atoms with Crippen molar-refractivity contribution < 1.29 is 9.50 Å². The van der Waals surface area contributed by atoms with Crippen LogP contribution in [0.2, 0.25) is 0 Å². The van der Waals surface area contributed by atoms with Gasteiger partial charge >= 0.3 is 0 Å². The van der Waals surface area contributed by atoms with Gasteiger partial charge < -0.3 is 5.11 Å².